The number of carbonyl (C=O) groups is 2. The zero-order valence-electron chi connectivity index (χ0n) is 17.4. The average molecular weight is 427 g/mol. The Bertz CT molecular complexity index is 1220. The minimum absolute atomic E-state index is 0.0964. The maximum absolute atomic E-state index is 12.5. The predicted octanol–water partition coefficient (Wildman–Crippen LogP) is 4.28. The van der Waals surface area contributed by atoms with Crippen molar-refractivity contribution in [1.82, 2.24) is 9.78 Å². The van der Waals surface area contributed by atoms with E-state index >= 15 is 0 Å². The number of rotatable bonds is 7. The molecule has 0 atom stereocenters. The van der Waals surface area contributed by atoms with Crippen LogP contribution >= 0.6 is 0 Å². The lowest BCUT2D eigenvalue weighted by Crippen LogP contribution is -2.13. The third-order valence-electron chi connectivity index (χ3n) is 4.70. The molecular formula is C25H21N3O4. The van der Waals surface area contributed by atoms with E-state index in [1.165, 1.54) is 7.11 Å². The summed E-state index contributed by atoms with van der Waals surface area (Å²) < 4.78 is 12.3. The van der Waals surface area contributed by atoms with Crippen molar-refractivity contribution in [2.75, 3.05) is 12.4 Å². The standard InChI is InChI=1S/C25H21N3O4/c1-31-23-10-6-5-9-22(23)25(30)27-19-11-13-21(14-12-19)32-24(29)15-18-16-26-28(17-18)20-7-3-2-4-8-20/h2-14,16-17H,15H2,1H3,(H,27,30). The Labute approximate surface area is 185 Å². The number of anilines is 1. The maximum Gasteiger partial charge on any atom is 0.315 e. The lowest BCUT2D eigenvalue weighted by Gasteiger charge is -2.10. The van der Waals surface area contributed by atoms with Crippen molar-refractivity contribution in [3.63, 3.8) is 0 Å². The smallest absolute Gasteiger partial charge is 0.315 e. The molecule has 0 unspecified atom stereocenters. The summed E-state index contributed by atoms with van der Waals surface area (Å²) in [6.07, 6.45) is 3.54. The number of hydrogen-bond acceptors (Lipinski definition) is 5. The average Bonchev–Trinajstić information content (AvgIpc) is 3.29. The van der Waals surface area contributed by atoms with E-state index in [9.17, 15) is 9.59 Å². The molecule has 1 N–H and O–H groups in total. The Morgan fingerprint density at radius 3 is 2.41 bits per heavy atom. The van der Waals surface area contributed by atoms with Gasteiger partial charge >= 0.3 is 5.97 Å². The first-order chi connectivity index (χ1) is 15.6. The van der Waals surface area contributed by atoms with E-state index in [4.69, 9.17) is 9.47 Å². The van der Waals surface area contributed by atoms with Crippen LogP contribution in [0.3, 0.4) is 0 Å². The Morgan fingerprint density at radius 1 is 0.938 bits per heavy atom. The van der Waals surface area contributed by atoms with Crippen LogP contribution in [0.25, 0.3) is 5.69 Å². The van der Waals surface area contributed by atoms with Crippen LogP contribution in [0.1, 0.15) is 15.9 Å². The van der Waals surface area contributed by atoms with Gasteiger partial charge < -0.3 is 14.8 Å². The second kappa shape index (κ2) is 9.61. The fourth-order valence-corrected chi connectivity index (χ4v) is 3.14. The van der Waals surface area contributed by atoms with Crippen LogP contribution in [0.2, 0.25) is 0 Å². The Balaban J connectivity index is 1.34. The van der Waals surface area contributed by atoms with Crippen molar-refractivity contribution in [3.05, 3.63) is 102 Å². The van der Waals surface area contributed by atoms with E-state index in [1.54, 1.807) is 65.6 Å². The molecule has 1 heterocycles. The highest BCUT2D eigenvalue weighted by atomic mass is 16.5. The van der Waals surface area contributed by atoms with Crippen LogP contribution in [0.5, 0.6) is 11.5 Å². The number of aromatic nitrogens is 2. The summed E-state index contributed by atoms with van der Waals surface area (Å²) in [6.45, 7) is 0. The van der Waals surface area contributed by atoms with Gasteiger partial charge in [0.2, 0.25) is 0 Å². The molecular weight excluding hydrogens is 406 g/mol. The van der Waals surface area contributed by atoms with E-state index < -0.39 is 5.97 Å². The molecule has 0 spiro atoms. The molecule has 1 aromatic heterocycles. The zero-order chi connectivity index (χ0) is 22.3. The molecule has 7 nitrogen and oxygen atoms in total. The number of ether oxygens (including phenoxy) is 2. The Kier molecular flexibility index (Phi) is 6.27. The Hall–Kier alpha value is -4.39. The van der Waals surface area contributed by atoms with E-state index in [-0.39, 0.29) is 12.3 Å². The van der Waals surface area contributed by atoms with Crippen LogP contribution in [-0.2, 0) is 11.2 Å². The largest absolute Gasteiger partial charge is 0.496 e. The molecule has 0 aliphatic carbocycles. The van der Waals surface area contributed by atoms with Gasteiger partial charge in [0.25, 0.3) is 5.91 Å². The number of methoxy groups -OCH3 is 1. The first kappa shape index (κ1) is 20.9. The van der Waals surface area contributed by atoms with Gasteiger partial charge in [-0.1, -0.05) is 30.3 Å². The number of nitrogens with zero attached hydrogens (tertiary/aromatic N) is 2. The molecule has 32 heavy (non-hydrogen) atoms. The minimum atomic E-state index is -0.400. The number of hydrogen-bond donors (Lipinski definition) is 1. The van der Waals surface area contributed by atoms with Crippen molar-refractivity contribution in [1.29, 1.82) is 0 Å². The summed E-state index contributed by atoms with van der Waals surface area (Å²) in [7, 11) is 1.52. The highest BCUT2D eigenvalue weighted by Crippen LogP contribution is 2.21. The van der Waals surface area contributed by atoms with Gasteiger partial charge in [0.05, 0.1) is 31.0 Å². The van der Waals surface area contributed by atoms with E-state index in [0.29, 0.717) is 22.7 Å². The Morgan fingerprint density at radius 2 is 1.66 bits per heavy atom. The molecule has 0 saturated carbocycles. The summed E-state index contributed by atoms with van der Waals surface area (Å²) in [5.41, 5.74) is 2.67. The number of carbonyl (C=O) groups excluding carboxylic acids is 2. The molecule has 7 heteroatoms. The van der Waals surface area contributed by atoms with Gasteiger partial charge in [0.1, 0.15) is 11.5 Å². The quantitative estimate of drug-likeness (QED) is 0.352. The molecule has 0 fully saturated rings. The third-order valence-corrected chi connectivity index (χ3v) is 4.70. The molecule has 1 amide bonds. The van der Waals surface area contributed by atoms with Crippen molar-refractivity contribution in [2.45, 2.75) is 6.42 Å². The van der Waals surface area contributed by atoms with E-state index in [0.717, 1.165) is 11.3 Å². The van der Waals surface area contributed by atoms with Gasteiger partial charge in [-0.3, -0.25) is 9.59 Å². The van der Waals surface area contributed by atoms with Gasteiger partial charge in [0.15, 0.2) is 0 Å². The summed E-state index contributed by atoms with van der Waals surface area (Å²) in [5.74, 6) is 0.193. The first-order valence-electron chi connectivity index (χ1n) is 9.96. The number of esters is 1. The summed E-state index contributed by atoms with van der Waals surface area (Å²) in [5, 5.41) is 7.08. The monoisotopic (exact) mass is 427 g/mol. The molecule has 3 aromatic carbocycles. The van der Waals surface area contributed by atoms with Gasteiger partial charge in [-0.25, -0.2) is 4.68 Å². The van der Waals surface area contributed by atoms with Crippen molar-refractivity contribution in [3.8, 4) is 17.2 Å². The lowest BCUT2D eigenvalue weighted by atomic mass is 10.2. The van der Waals surface area contributed by atoms with E-state index in [1.807, 2.05) is 30.3 Å². The zero-order valence-corrected chi connectivity index (χ0v) is 17.4. The number of nitrogens with one attached hydrogen (secondary N) is 1. The number of para-hydroxylation sites is 2. The molecule has 4 aromatic rings. The maximum atomic E-state index is 12.5. The molecule has 160 valence electrons. The van der Waals surface area contributed by atoms with Gasteiger partial charge in [-0.05, 0) is 48.5 Å². The third kappa shape index (κ3) is 5.02. The molecule has 0 aliphatic rings. The van der Waals surface area contributed by atoms with Gasteiger partial charge in [0, 0.05) is 17.4 Å². The second-order valence-electron chi connectivity index (χ2n) is 6.96. The van der Waals surface area contributed by atoms with Crippen molar-refractivity contribution < 1.29 is 19.1 Å². The lowest BCUT2D eigenvalue weighted by molar-refractivity contribution is -0.133. The highest BCUT2D eigenvalue weighted by molar-refractivity contribution is 6.06. The molecule has 0 saturated heterocycles. The predicted molar refractivity (Wildman–Crippen MR) is 120 cm³/mol. The van der Waals surface area contributed by atoms with Crippen molar-refractivity contribution >= 4 is 17.6 Å². The highest BCUT2D eigenvalue weighted by Gasteiger charge is 2.13. The fraction of sp³-hybridized carbons (Fsp3) is 0.0800. The first-order valence-corrected chi connectivity index (χ1v) is 9.96. The van der Waals surface area contributed by atoms with Crippen molar-refractivity contribution in [2.24, 2.45) is 0 Å². The van der Waals surface area contributed by atoms with Crippen LogP contribution in [0.15, 0.2) is 91.3 Å². The number of benzene rings is 3. The molecule has 4 rings (SSSR count). The summed E-state index contributed by atoms with van der Waals surface area (Å²) in [6, 6.07) is 23.2. The van der Waals surface area contributed by atoms with Crippen LogP contribution < -0.4 is 14.8 Å². The minimum Gasteiger partial charge on any atom is -0.496 e. The molecule has 0 bridgehead atoms. The van der Waals surface area contributed by atoms with Crippen LogP contribution in [0.4, 0.5) is 5.69 Å². The summed E-state index contributed by atoms with van der Waals surface area (Å²) >= 11 is 0. The van der Waals surface area contributed by atoms with Gasteiger partial charge in [-0.15, -0.1) is 0 Å². The van der Waals surface area contributed by atoms with Crippen LogP contribution in [0, 0.1) is 0 Å². The normalized spacial score (nSPS) is 10.4. The SMILES string of the molecule is COc1ccccc1C(=O)Nc1ccc(OC(=O)Cc2cnn(-c3ccccc3)c2)cc1. The second-order valence-corrected chi connectivity index (χ2v) is 6.96. The van der Waals surface area contributed by atoms with Gasteiger partial charge in [-0.2, -0.15) is 5.10 Å². The number of amides is 1. The summed E-state index contributed by atoms with van der Waals surface area (Å²) in [4.78, 5) is 24.8. The fourth-order valence-electron chi connectivity index (χ4n) is 3.14. The van der Waals surface area contributed by atoms with E-state index in [2.05, 4.69) is 10.4 Å². The van der Waals surface area contributed by atoms with Crippen LogP contribution in [-0.4, -0.2) is 28.8 Å². The molecule has 0 radical (unpaired) electrons. The molecule has 0 aliphatic heterocycles. The topological polar surface area (TPSA) is 82.4 Å².